The van der Waals surface area contributed by atoms with Gasteiger partial charge in [0.2, 0.25) is 5.28 Å². The number of fused-ring (bicyclic) bond motifs is 1. The van der Waals surface area contributed by atoms with Crippen LogP contribution in [0.5, 0.6) is 0 Å². The van der Waals surface area contributed by atoms with E-state index in [1.165, 1.54) is 0 Å². The molecule has 0 radical (unpaired) electrons. The van der Waals surface area contributed by atoms with Crippen molar-refractivity contribution in [1.82, 2.24) is 15.0 Å². The number of nitrogens with zero attached hydrogens (tertiary/aromatic N) is 3. The Kier molecular flexibility index (Phi) is 3.87. The molecule has 166 valence electrons. The van der Waals surface area contributed by atoms with E-state index >= 15 is 0 Å². The molecule has 0 unspecified atom stereocenters. The van der Waals surface area contributed by atoms with Crippen molar-refractivity contribution < 1.29 is 9.60 Å². The molecule has 0 N–H and O–H groups in total. The molecule has 0 bridgehead atoms. The van der Waals surface area contributed by atoms with Gasteiger partial charge in [0.25, 0.3) is 0 Å². The fourth-order valence-electron chi connectivity index (χ4n) is 3.87. The Balaban J connectivity index is 1.41. The molecule has 5 aromatic carbocycles. The van der Waals surface area contributed by atoms with E-state index in [0.717, 1.165) is 16.7 Å². The average Bonchev–Trinajstić information content (AvgIpc) is 3.02. The van der Waals surface area contributed by atoms with Crippen LogP contribution in [0.3, 0.4) is 0 Å². The smallest absolute Gasteiger partial charge is 0.208 e. The van der Waals surface area contributed by atoms with Gasteiger partial charge >= 0.3 is 0 Å². The Morgan fingerprint density at radius 3 is 1.74 bits per heavy atom. The van der Waals surface area contributed by atoms with Crippen molar-refractivity contribution in [2.24, 2.45) is 0 Å². The van der Waals surface area contributed by atoms with Crippen molar-refractivity contribution in [2.75, 3.05) is 0 Å². The number of aromatic nitrogens is 3. The summed E-state index contributed by atoms with van der Waals surface area (Å²) in [6.45, 7) is 0. The number of halogens is 1. The molecule has 0 fully saturated rings. The summed E-state index contributed by atoms with van der Waals surface area (Å²) in [5.41, 5.74) is 4.10. The van der Waals surface area contributed by atoms with E-state index in [1.807, 2.05) is 54.6 Å². The molecule has 0 aliphatic rings. The molecule has 0 spiro atoms. The minimum absolute atomic E-state index is 0.0199. The normalized spacial score (nSPS) is 13.8. The number of benzene rings is 5. The largest absolute Gasteiger partial charge is 0.226 e. The third kappa shape index (κ3) is 4.30. The highest BCUT2D eigenvalue weighted by Gasteiger charge is 2.11. The summed E-state index contributed by atoms with van der Waals surface area (Å²) in [5, 5.41) is -0.0380. The lowest BCUT2D eigenvalue weighted by Crippen LogP contribution is -1.97. The van der Waals surface area contributed by atoms with Crippen molar-refractivity contribution in [3.8, 4) is 45.0 Å². The van der Waals surface area contributed by atoms with E-state index in [1.54, 1.807) is 24.3 Å². The molecule has 0 aliphatic heterocycles. The Bertz CT molecular complexity index is 1990. The summed E-state index contributed by atoms with van der Waals surface area (Å²) in [6.07, 6.45) is 0. The first-order chi connectivity index (χ1) is 20.2. The highest BCUT2D eigenvalue weighted by atomic mass is 35.5. The van der Waals surface area contributed by atoms with Gasteiger partial charge < -0.3 is 0 Å². The first kappa shape index (κ1) is 14.8. The van der Waals surface area contributed by atoms with Gasteiger partial charge in [0, 0.05) is 11.1 Å². The van der Waals surface area contributed by atoms with Gasteiger partial charge in [-0.05, 0) is 44.6 Å². The lowest BCUT2D eigenvalue weighted by atomic mass is 9.97. The fourth-order valence-corrected chi connectivity index (χ4v) is 4.03. The van der Waals surface area contributed by atoms with Crippen LogP contribution in [0.25, 0.3) is 55.8 Å². The molecule has 0 saturated heterocycles. The van der Waals surface area contributed by atoms with Gasteiger partial charge in [0.15, 0.2) is 11.6 Å². The Labute approximate surface area is 218 Å². The fraction of sp³-hybridized carbons (Fsp3) is 0. The van der Waals surface area contributed by atoms with Gasteiger partial charge in [0.05, 0.1) is 9.60 Å². The number of hydrogen-bond donors (Lipinski definition) is 0. The van der Waals surface area contributed by atoms with Crippen LogP contribution in [0.4, 0.5) is 0 Å². The second kappa shape index (κ2) is 9.13. The molecular formula is C31H20ClN3. The van der Waals surface area contributed by atoms with Crippen LogP contribution in [-0.2, 0) is 0 Å². The maximum absolute atomic E-state index is 8.58. The topological polar surface area (TPSA) is 38.7 Å². The molecule has 0 amide bonds. The van der Waals surface area contributed by atoms with Crippen LogP contribution in [0, 0.1) is 0 Å². The molecule has 0 saturated carbocycles. The highest BCUT2D eigenvalue weighted by molar-refractivity contribution is 6.28. The molecule has 1 aromatic heterocycles. The lowest BCUT2D eigenvalue weighted by Gasteiger charge is -2.09. The van der Waals surface area contributed by atoms with Crippen LogP contribution in [0.1, 0.15) is 9.60 Å². The summed E-state index contributed by atoms with van der Waals surface area (Å²) < 4.78 is 58.2. The van der Waals surface area contributed by atoms with Gasteiger partial charge in [-0.1, -0.05) is 121 Å². The molecule has 1 heterocycles. The van der Waals surface area contributed by atoms with E-state index in [9.17, 15) is 0 Å². The molecule has 3 nitrogen and oxygen atoms in total. The van der Waals surface area contributed by atoms with E-state index in [2.05, 4.69) is 15.0 Å². The van der Waals surface area contributed by atoms with Gasteiger partial charge in [-0.2, -0.15) is 9.97 Å². The SMILES string of the molecule is [2H]c1c([2H])c([2H])c2c(-c3ccc(-c4nc(Cl)nc(-c5ccc(-c6ccccc6)cc5)n4)cc3)c([2H])c([2H])c([2H])c2c1[2H]. The molecule has 6 aromatic rings. The minimum atomic E-state index is -0.489. The van der Waals surface area contributed by atoms with E-state index in [-0.39, 0.29) is 33.7 Å². The maximum Gasteiger partial charge on any atom is 0.226 e. The first-order valence-electron chi connectivity index (χ1n) is 14.3. The van der Waals surface area contributed by atoms with Crippen molar-refractivity contribution in [2.45, 2.75) is 0 Å². The maximum atomic E-state index is 8.58. The van der Waals surface area contributed by atoms with Crippen LogP contribution < -0.4 is 0 Å². The predicted octanol–water partition coefficient (Wildman–Crippen LogP) is 8.35. The summed E-state index contributed by atoms with van der Waals surface area (Å²) in [7, 11) is 0. The number of hydrogen-bond acceptors (Lipinski definition) is 3. The summed E-state index contributed by atoms with van der Waals surface area (Å²) >= 11 is 6.28. The Hall–Kier alpha value is -4.34. The second-order valence-corrected chi connectivity index (χ2v) is 8.11. The average molecular weight is 477 g/mol. The summed E-state index contributed by atoms with van der Waals surface area (Å²) in [6, 6.07) is 21.7. The molecule has 0 atom stereocenters. The van der Waals surface area contributed by atoms with Crippen molar-refractivity contribution in [1.29, 1.82) is 0 Å². The van der Waals surface area contributed by atoms with Crippen molar-refractivity contribution in [3.05, 3.63) is 126 Å². The zero-order valence-electron chi connectivity index (χ0n) is 25.2. The molecule has 6 rings (SSSR count). The molecule has 0 aliphatic carbocycles. The third-order valence-electron chi connectivity index (χ3n) is 5.60. The van der Waals surface area contributed by atoms with Gasteiger partial charge in [-0.3, -0.25) is 0 Å². The van der Waals surface area contributed by atoms with Gasteiger partial charge in [-0.25, -0.2) is 4.98 Å². The predicted molar refractivity (Wildman–Crippen MR) is 144 cm³/mol. The third-order valence-corrected chi connectivity index (χ3v) is 5.77. The standard InChI is InChI=1S/C31H20ClN3/c32-31-34-29(25-17-13-22(14-18-25)21-7-2-1-3-8-21)33-30(35-31)26-19-15-24(16-20-26)28-12-6-10-23-9-4-5-11-27(23)28/h1-20H/i4D,5D,6D,9D,10D,11D,12D. The van der Waals surface area contributed by atoms with Crippen molar-refractivity contribution >= 4 is 22.4 Å². The van der Waals surface area contributed by atoms with Gasteiger partial charge in [-0.15, -0.1) is 0 Å². The zero-order chi connectivity index (χ0) is 29.7. The van der Waals surface area contributed by atoms with E-state index in [4.69, 9.17) is 21.2 Å². The first-order valence-corrected chi connectivity index (χ1v) is 11.2. The lowest BCUT2D eigenvalue weighted by molar-refractivity contribution is 1.07. The number of rotatable bonds is 4. The Morgan fingerprint density at radius 2 is 1.06 bits per heavy atom. The minimum Gasteiger partial charge on any atom is -0.208 e. The van der Waals surface area contributed by atoms with Crippen LogP contribution in [-0.4, -0.2) is 15.0 Å². The van der Waals surface area contributed by atoms with Crippen LogP contribution in [0.15, 0.2) is 121 Å². The second-order valence-electron chi connectivity index (χ2n) is 7.77. The highest BCUT2D eigenvalue weighted by Crippen LogP contribution is 2.31. The molecule has 4 heteroatoms. The van der Waals surface area contributed by atoms with Gasteiger partial charge in [0.1, 0.15) is 0 Å². The molecule has 35 heavy (non-hydrogen) atoms. The Morgan fingerprint density at radius 1 is 0.514 bits per heavy atom. The zero-order valence-corrected chi connectivity index (χ0v) is 19.0. The van der Waals surface area contributed by atoms with Crippen molar-refractivity contribution in [3.63, 3.8) is 0 Å². The van der Waals surface area contributed by atoms with Crippen LogP contribution >= 0.6 is 11.6 Å². The quantitative estimate of drug-likeness (QED) is 0.256. The van der Waals surface area contributed by atoms with Crippen LogP contribution in [0.2, 0.25) is 5.28 Å². The molecular weight excluding hydrogens is 450 g/mol. The summed E-state index contributed by atoms with van der Waals surface area (Å²) in [4.78, 5) is 13.2. The van der Waals surface area contributed by atoms with E-state index < -0.39 is 30.2 Å². The summed E-state index contributed by atoms with van der Waals surface area (Å²) in [5.74, 6) is 0.721. The monoisotopic (exact) mass is 476 g/mol. The van der Waals surface area contributed by atoms with E-state index in [0.29, 0.717) is 22.8 Å².